The molecule has 0 fully saturated rings. The van der Waals surface area contributed by atoms with Gasteiger partial charge in [-0.25, -0.2) is 4.79 Å². The van der Waals surface area contributed by atoms with E-state index >= 15 is 0 Å². The molecular formula is C16H28O2. The molecule has 0 aliphatic carbocycles. The third-order valence-electron chi connectivity index (χ3n) is 2.27. The zero-order chi connectivity index (χ0) is 13.9. The molecule has 0 heterocycles. The lowest BCUT2D eigenvalue weighted by atomic mass is 10.1. The molecule has 0 aromatic rings. The van der Waals surface area contributed by atoms with Crippen LogP contribution in [0.4, 0.5) is 0 Å². The monoisotopic (exact) mass is 252 g/mol. The van der Waals surface area contributed by atoms with Crippen LogP contribution < -0.4 is 0 Å². The number of hydrogen-bond donors (Lipinski definition) is 0. The van der Waals surface area contributed by atoms with Gasteiger partial charge >= 0.3 is 5.97 Å². The van der Waals surface area contributed by atoms with Crippen molar-refractivity contribution < 1.29 is 9.53 Å². The van der Waals surface area contributed by atoms with Gasteiger partial charge in [0.2, 0.25) is 0 Å². The summed E-state index contributed by atoms with van der Waals surface area (Å²) >= 11 is 0. The average Bonchev–Trinajstić information content (AvgIpc) is 2.24. The van der Waals surface area contributed by atoms with Crippen LogP contribution in [0.25, 0.3) is 0 Å². The van der Waals surface area contributed by atoms with Crippen molar-refractivity contribution in [3.8, 4) is 0 Å². The molecule has 0 unspecified atom stereocenters. The quantitative estimate of drug-likeness (QED) is 0.268. The Kier molecular flexibility index (Phi) is 9.35. The van der Waals surface area contributed by atoms with Gasteiger partial charge in [0.05, 0.1) is 0 Å². The highest BCUT2D eigenvalue weighted by Crippen LogP contribution is 2.08. The van der Waals surface area contributed by atoms with Crippen LogP contribution in [-0.2, 0) is 9.53 Å². The van der Waals surface area contributed by atoms with Crippen LogP contribution in [0.15, 0.2) is 24.3 Å². The Balaban J connectivity index is 3.51. The molecule has 0 saturated heterocycles. The van der Waals surface area contributed by atoms with E-state index in [9.17, 15) is 4.79 Å². The number of carbonyl (C=O) groups excluding carboxylic acids is 1. The van der Waals surface area contributed by atoms with Gasteiger partial charge in [-0.2, -0.15) is 0 Å². The Bertz CT molecular complexity index is 269. The molecule has 0 aliphatic rings. The molecule has 18 heavy (non-hydrogen) atoms. The maximum absolute atomic E-state index is 11.3. The van der Waals surface area contributed by atoms with Crippen molar-refractivity contribution in [1.82, 2.24) is 0 Å². The first-order valence-corrected chi connectivity index (χ1v) is 7.00. The Morgan fingerprint density at radius 3 is 2.11 bits per heavy atom. The van der Waals surface area contributed by atoms with Gasteiger partial charge in [0.1, 0.15) is 5.60 Å². The Morgan fingerprint density at radius 2 is 1.56 bits per heavy atom. The second-order valence-corrected chi connectivity index (χ2v) is 5.48. The van der Waals surface area contributed by atoms with Gasteiger partial charge in [-0.1, -0.05) is 31.6 Å². The van der Waals surface area contributed by atoms with Crippen molar-refractivity contribution in [1.29, 1.82) is 0 Å². The highest BCUT2D eigenvalue weighted by molar-refractivity contribution is 5.82. The summed E-state index contributed by atoms with van der Waals surface area (Å²) in [6, 6.07) is 0. The maximum atomic E-state index is 11.3. The van der Waals surface area contributed by atoms with E-state index in [1.165, 1.54) is 25.3 Å². The third kappa shape index (κ3) is 13.0. The lowest BCUT2D eigenvalue weighted by Gasteiger charge is -2.17. The zero-order valence-electron chi connectivity index (χ0n) is 12.4. The van der Waals surface area contributed by atoms with Gasteiger partial charge in [-0.05, 0) is 52.9 Å². The lowest BCUT2D eigenvalue weighted by Crippen LogP contribution is -2.22. The lowest BCUT2D eigenvalue weighted by molar-refractivity contribution is -0.148. The summed E-state index contributed by atoms with van der Waals surface area (Å²) in [6.45, 7) is 7.82. The predicted molar refractivity (Wildman–Crippen MR) is 77.5 cm³/mol. The number of hydrogen-bond acceptors (Lipinski definition) is 2. The molecule has 0 spiro atoms. The fourth-order valence-corrected chi connectivity index (χ4v) is 1.44. The van der Waals surface area contributed by atoms with Crippen LogP contribution in [0.3, 0.4) is 0 Å². The van der Waals surface area contributed by atoms with Crippen molar-refractivity contribution >= 4 is 5.97 Å². The van der Waals surface area contributed by atoms with Crippen molar-refractivity contribution in [3.05, 3.63) is 24.3 Å². The molecule has 0 bridgehead atoms. The summed E-state index contributed by atoms with van der Waals surface area (Å²) < 4.78 is 5.17. The van der Waals surface area contributed by atoms with Gasteiger partial charge in [-0.3, -0.25) is 0 Å². The summed E-state index contributed by atoms with van der Waals surface area (Å²) in [7, 11) is 0. The molecule has 0 aromatic carbocycles. The van der Waals surface area contributed by atoms with Crippen LogP contribution in [0.1, 0.15) is 66.2 Å². The molecule has 104 valence electrons. The highest BCUT2D eigenvalue weighted by atomic mass is 16.6. The van der Waals surface area contributed by atoms with E-state index < -0.39 is 5.60 Å². The van der Waals surface area contributed by atoms with E-state index in [1.54, 1.807) is 0 Å². The van der Waals surface area contributed by atoms with E-state index in [1.807, 2.05) is 26.8 Å². The SMILES string of the molecule is CCC/C=C/CCCC/C=C/C(=O)OC(C)(C)C. The smallest absolute Gasteiger partial charge is 0.330 e. The van der Waals surface area contributed by atoms with Crippen LogP contribution in [0.2, 0.25) is 0 Å². The van der Waals surface area contributed by atoms with E-state index in [0.29, 0.717) is 0 Å². The number of unbranched alkanes of at least 4 members (excludes halogenated alkanes) is 4. The Labute approximate surface area is 112 Å². The Morgan fingerprint density at radius 1 is 1.00 bits per heavy atom. The second kappa shape index (κ2) is 9.93. The third-order valence-corrected chi connectivity index (χ3v) is 2.27. The van der Waals surface area contributed by atoms with E-state index in [0.717, 1.165) is 19.3 Å². The number of ether oxygens (including phenoxy) is 1. The summed E-state index contributed by atoms with van der Waals surface area (Å²) in [6.07, 6.45) is 14.7. The fraction of sp³-hybridized carbons (Fsp3) is 0.688. The minimum atomic E-state index is -0.397. The maximum Gasteiger partial charge on any atom is 0.330 e. The van der Waals surface area contributed by atoms with Gasteiger partial charge in [0, 0.05) is 6.08 Å². The summed E-state index contributed by atoms with van der Waals surface area (Å²) in [4.78, 5) is 11.3. The van der Waals surface area contributed by atoms with Crippen molar-refractivity contribution in [2.24, 2.45) is 0 Å². The van der Waals surface area contributed by atoms with Crippen LogP contribution in [0, 0.1) is 0 Å². The van der Waals surface area contributed by atoms with Crippen molar-refractivity contribution in [2.45, 2.75) is 71.8 Å². The first kappa shape index (κ1) is 16.9. The van der Waals surface area contributed by atoms with Crippen LogP contribution >= 0.6 is 0 Å². The summed E-state index contributed by atoms with van der Waals surface area (Å²) in [5, 5.41) is 0. The zero-order valence-corrected chi connectivity index (χ0v) is 12.4. The second-order valence-electron chi connectivity index (χ2n) is 5.48. The first-order valence-electron chi connectivity index (χ1n) is 7.00. The number of rotatable bonds is 8. The summed E-state index contributed by atoms with van der Waals surface area (Å²) in [5.74, 6) is -0.245. The predicted octanol–water partition coefficient (Wildman–Crippen LogP) is 4.80. The molecule has 0 saturated carbocycles. The molecular weight excluding hydrogens is 224 g/mol. The first-order chi connectivity index (χ1) is 8.45. The molecule has 0 amide bonds. The van der Waals surface area contributed by atoms with Crippen LogP contribution in [-0.4, -0.2) is 11.6 Å². The van der Waals surface area contributed by atoms with Gasteiger partial charge < -0.3 is 4.74 Å². The molecule has 2 nitrogen and oxygen atoms in total. The standard InChI is InChI=1S/C16H28O2/c1-5-6-7-8-9-10-11-12-13-14-15(17)18-16(2,3)4/h7-8,13-14H,5-6,9-12H2,1-4H3/b8-7+,14-13+. The van der Waals surface area contributed by atoms with Crippen LogP contribution in [0.5, 0.6) is 0 Å². The topological polar surface area (TPSA) is 26.3 Å². The molecule has 0 aromatic heterocycles. The molecule has 0 N–H and O–H groups in total. The van der Waals surface area contributed by atoms with E-state index in [4.69, 9.17) is 4.74 Å². The number of allylic oxidation sites excluding steroid dienone is 3. The van der Waals surface area contributed by atoms with E-state index in [2.05, 4.69) is 19.1 Å². The average molecular weight is 252 g/mol. The minimum absolute atomic E-state index is 0.245. The highest BCUT2D eigenvalue weighted by Gasteiger charge is 2.13. The molecule has 0 aliphatic heterocycles. The Hall–Kier alpha value is -1.05. The van der Waals surface area contributed by atoms with Crippen molar-refractivity contribution in [2.75, 3.05) is 0 Å². The number of carbonyl (C=O) groups is 1. The normalized spacial score (nSPS) is 12.4. The van der Waals surface area contributed by atoms with Gasteiger partial charge in [0.15, 0.2) is 0 Å². The van der Waals surface area contributed by atoms with Crippen molar-refractivity contribution in [3.63, 3.8) is 0 Å². The molecule has 0 rings (SSSR count). The van der Waals surface area contributed by atoms with E-state index in [-0.39, 0.29) is 5.97 Å². The van der Waals surface area contributed by atoms with Gasteiger partial charge in [-0.15, -0.1) is 0 Å². The van der Waals surface area contributed by atoms with Gasteiger partial charge in [0.25, 0.3) is 0 Å². The number of esters is 1. The molecule has 2 heteroatoms. The summed E-state index contributed by atoms with van der Waals surface area (Å²) in [5.41, 5.74) is -0.397. The largest absolute Gasteiger partial charge is 0.457 e. The molecule has 0 atom stereocenters. The molecule has 0 radical (unpaired) electrons. The fourth-order valence-electron chi connectivity index (χ4n) is 1.44. The minimum Gasteiger partial charge on any atom is -0.457 e.